The van der Waals surface area contributed by atoms with Gasteiger partial charge in [0.2, 0.25) is 0 Å². The Morgan fingerprint density at radius 2 is 2.09 bits per heavy atom. The number of aromatic nitrogens is 3. The fourth-order valence-electron chi connectivity index (χ4n) is 3.71. The number of carbonyl (C=O) groups excluding carboxylic acids is 2. The minimum atomic E-state index is -0.693. The first kappa shape index (κ1) is 22.6. The molecule has 0 saturated carbocycles. The molecule has 33 heavy (non-hydrogen) atoms. The highest BCUT2D eigenvalue weighted by Gasteiger charge is 2.25. The molecule has 0 bridgehead atoms. The number of carbonyl (C=O) groups is 2. The number of anilines is 3. The quantitative estimate of drug-likeness (QED) is 0.507. The van der Waals surface area contributed by atoms with Gasteiger partial charge in [0.1, 0.15) is 16.6 Å². The Morgan fingerprint density at radius 1 is 1.27 bits per heavy atom. The van der Waals surface area contributed by atoms with Crippen LogP contribution in [0.1, 0.15) is 44.9 Å². The Hall–Kier alpha value is -3.60. The molecule has 11 heteroatoms. The lowest BCUT2D eigenvalue weighted by molar-refractivity contribution is 0.0927. The largest absolute Gasteiger partial charge is 0.364 e. The molecule has 2 aromatic heterocycles. The molecule has 3 heterocycles. The lowest BCUT2D eigenvalue weighted by Crippen LogP contribution is -2.48. The molecule has 0 radical (unpaired) electrons. The number of primary amides is 1. The van der Waals surface area contributed by atoms with Gasteiger partial charge in [-0.1, -0.05) is 6.07 Å². The van der Waals surface area contributed by atoms with Crippen LogP contribution < -0.4 is 21.3 Å². The summed E-state index contributed by atoms with van der Waals surface area (Å²) in [5.41, 5.74) is 7.12. The van der Waals surface area contributed by atoms with E-state index in [0.717, 1.165) is 24.1 Å². The van der Waals surface area contributed by atoms with Crippen LogP contribution in [-0.4, -0.2) is 45.3 Å². The maximum atomic E-state index is 14.2. The third kappa shape index (κ3) is 5.25. The lowest BCUT2D eigenvalue weighted by atomic mass is 10.0. The topological polar surface area (TPSA) is 126 Å². The minimum Gasteiger partial charge on any atom is -0.364 e. The second kappa shape index (κ2) is 9.49. The molecule has 1 aromatic carbocycles. The summed E-state index contributed by atoms with van der Waals surface area (Å²) in [5.74, 6) is -0.887. The molecule has 1 atom stereocenters. The van der Waals surface area contributed by atoms with Gasteiger partial charge in [-0.05, 0) is 62.0 Å². The molecule has 3 aromatic rings. The first-order valence-corrected chi connectivity index (χ1v) is 11.3. The number of nitrogens with two attached hydrogens (primary N) is 1. The number of nitrogens with zero attached hydrogens (tertiary/aromatic N) is 4. The Balaban J connectivity index is 1.50. The standard InChI is InChI=1S/C22H24FN7O2S/c1-12-5-6-15(16(23)8-12)22(32)26-14-4-3-7-30(11-14)17-10-25-19(20(24)31)21(27-17)28-18-9-13(2)29-33-18/h5-6,8-10,14H,3-4,7,11H2,1-2H3,(H2,24,31)(H,26,32)(H,27,28). The predicted octanol–water partition coefficient (Wildman–Crippen LogP) is 2.93. The number of rotatable bonds is 6. The van der Waals surface area contributed by atoms with Crippen LogP contribution in [0.3, 0.4) is 0 Å². The molecular weight excluding hydrogens is 445 g/mol. The van der Waals surface area contributed by atoms with Gasteiger partial charge in [0.25, 0.3) is 11.8 Å². The van der Waals surface area contributed by atoms with Gasteiger partial charge in [-0.15, -0.1) is 0 Å². The van der Waals surface area contributed by atoms with E-state index < -0.39 is 17.6 Å². The average molecular weight is 470 g/mol. The molecule has 2 amide bonds. The number of amides is 2. The van der Waals surface area contributed by atoms with E-state index in [4.69, 9.17) is 5.73 Å². The molecular formula is C22H24FN7O2S. The average Bonchev–Trinajstić information content (AvgIpc) is 3.18. The first-order valence-electron chi connectivity index (χ1n) is 10.5. The molecule has 9 nitrogen and oxygen atoms in total. The summed E-state index contributed by atoms with van der Waals surface area (Å²) in [6, 6.07) is 6.19. The summed E-state index contributed by atoms with van der Waals surface area (Å²) in [6.07, 6.45) is 3.05. The Kier molecular flexibility index (Phi) is 6.50. The first-order chi connectivity index (χ1) is 15.8. The van der Waals surface area contributed by atoms with Crippen LogP contribution in [0.15, 0.2) is 30.5 Å². The van der Waals surface area contributed by atoms with E-state index in [0.29, 0.717) is 23.9 Å². The maximum absolute atomic E-state index is 14.2. The molecule has 1 aliphatic rings. The van der Waals surface area contributed by atoms with E-state index >= 15 is 0 Å². The second-order valence-corrected chi connectivity index (χ2v) is 8.79. The van der Waals surface area contributed by atoms with E-state index in [1.807, 2.05) is 17.9 Å². The van der Waals surface area contributed by atoms with Crippen LogP contribution in [0, 0.1) is 19.7 Å². The highest BCUT2D eigenvalue weighted by Crippen LogP contribution is 2.25. The van der Waals surface area contributed by atoms with Crippen molar-refractivity contribution in [1.29, 1.82) is 0 Å². The fraction of sp³-hybridized carbons (Fsp3) is 0.318. The van der Waals surface area contributed by atoms with Crippen LogP contribution in [0.2, 0.25) is 0 Å². The molecule has 0 spiro atoms. The normalized spacial score (nSPS) is 15.8. The van der Waals surface area contributed by atoms with Gasteiger partial charge in [-0.25, -0.2) is 14.4 Å². The number of benzene rings is 1. The highest BCUT2D eigenvalue weighted by atomic mass is 32.1. The molecule has 1 fully saturated rings. The van der Waals surface area contributed by atoms with Gasteiger partial charge in [-0.2, -0.15) is 4.37 Å². The fourth-order valence-corrected chi connectivity index (χ4v) is 4.37. The van der Waals surface area contributed by atoms with Crippen LogP contribution in [0.25, 0.3) is 0 Å². The third-order valence-electron chi connectivity index (χ3n) is 5.31. The van der Waals surface area contributed by atoms with Crippen molar-refractivity contribution in [3.63, 3.8) is 0 Å². The SMILES string of the molecule is Cc1ccc(C(=O)NC2CCCN(c3cnc(C(N)=O)c(Nc4cc(C)ns4)n3)C2)c(F)c1. The summed E-state index contributed by atoms with van der Waals surface area (Å²) in [7, 11) is 0. The van der Waals surface area contributed by atoms with Crippen molar-refractivity contribution in [3.8, 4) is 0 Å². The van der Waals surface area contributed by atoms with Crippen molar-refractivity contribution in [2.24, 2.45) is 5.73 Å². The van der Waals surface area contributed by atoms with E-state index in [1.54, 1.807) is 13.0 Å². The molecule has 172 valence electrons. The van der Waals surface area contributed by atoms with Crippen molar-refractivity contribution in [3.05, 3.63) is 58.8 Å². The molecule has 1 saturated heterocycles. The van der Waals surface area contributed by atoms with E-state index in [-0.39, 0.29) is 23.1 Å². The van der Waals surface area contributed by atoms with Crippen molar-refractivity contribution < 1.29 is 14.0 Å². The van der Waals surface area contributed by atoms with Gasteiger partial charge in [-0.3, -0.25) is 9.59 Å². The molecule has 4 rings (SSSR count). The smallest absolute Gasteiger partial charge is 0.271 e. The predicted molar refractivity (Wildman–Crippen MR) is 125 cm³/mol. The number of halogens is 1. The Bertz CT molecular complexity index is 1200. The molecule has 1 aliphatic heterocycles. The lowest BCUT2D eigenvalue weighted by Gasteiger charge is -2.34. The monoisotopic (exact) mass is 469 g/mol. The number of hydrogen-bond donors (Lipinski definition) is 3. The third-order valence-corrected chi connectivity index (χ3v) is 6.11. The van der Waals surface area contributed by atoms with Crippen molar-refractivity contribution in [2.75, 3.05) is 23.3 Å². The molecule has 0 aliphatic carbocycles. The van der Waals surface area contributed by atoms with Gasteiger partial charge in [0, 0.05) is 19.1 Å². The second-order valence-electron chi connectivity index (χ2n) is 7.99. The Morgan fingerprint density at radius 3 is 2.79 bits per heavy atom. The number of nitrogens with one attached hydrogen (secondary N) is 2. The highest BCUT2D eigenvalue weighted by molar-refractivity contribution is 7.10. The Labute approximate surface area is 194 Å². The van der Waals surface area contributed by atoms with Crippen molar-refractivity contribution >= 4 is 40.0 Å². The van der Waals surface area contributed by atoms with Crippen molar-refractivity contribution in [1.82, 2.24) is 19.7 Å². The van der Waals surface area contributed by atoms with Crippen molar-refractivity contribution in [2.45, 2.75) is 32.7 Å². The molecule has 1 unspecified atom stereocenters. The summed E-state index contributed by atoms with van der Waals surface area (Å²) in [6.45, 7) is 4.81. The van der Waals surface area contributed by atoms with Crippen LogP contribution >= 0.6 is 11.5 Å². The number of hydrogen-bond acceptors (Lipinski definition) is 8. The van der Waals surface area contributed by atoms with E-state index in [2.05, 4.69) is 25.0 Å². The summed E-state index contributed by atoms with van der Waals surface area (Å²) >= 11 is 1.24. The summed E-state index contributed by atoms with van der Waals surface area (Å²) < 4.78 is 18.4. The number of aryl methyl sites for hydroxylation is 2. The van der Waals surface area contributed by atoms with Gasteiger partial charge >= 0.3 is 0 Å². The van der Waals surface area contributed by atoms with Crippen LogP contribution in [-0.2, 0) is 0 Å². The number of piperidine rings is 1. The van der Waals surface area contributed by atoms with Crippen LogP contribution in [0.4, 0.5) is 21.0 Å². The maximum Gasteiger partial charge on any atom is 0.271 e. The van der Waals surface area contributed by atoms with E-state index in [9.17, 15) is 14.0 Å². The summed E-state index contributed by atoms with van der Waals surface area (Å²) in [4.78, 5) is 35.2. The van der Waals surface area contributed by atoms with Crippen LogP contribution in [0.5, 0.6) is 0 Å². The molecule has 4 N–H and O–H groups in total. The van der Waals surface area contributed by atoms with Gasteiger partial charge in [0.15, 0.2) is 11.5 Å². The zero-order valence-corrected chi connectivity index (χ0v) is 19.1. The zero-order chi connectivity index (χ0) is 23.5. The summed E-state index contributed by atoms with van der Waals surface area (Å²) in [5, 5.41) is 6.70. The minimum absolute atomic E-state index is 0.0228. The zero-order valence-electron chi connectivity index (χ0n) is 18.3. The van der Waals surface area contributed by atoms with E-state index in [1.165, 1.54) is 29.9 Å². The van der Waals surface area contributed by atoms with Gasteiger partial charge < -0.3 is 21.3 Å². The van der Waals surface area contributed by atoms with Gasteiger partial charge in [0.05, 0.1) is 17.5 Å².